The fourth-order valence-electron chi connectivity index (χ4n) is 0.769. The van der Waals surface area contributed by atoms with Gasteiger partial charge in [-0.25, -0.2) is 0 Å². The summed E-state index contributed by atoms with van der Waals surface area (Å²) < 4.78 is 26.8. The third-order valence-corrected chi connectivity index (χ3v) is 2.55. The van der Waals surface area contributed by atoms with Gasteiger partial charge < -0.3 is 0 Å². The molecule has 0 atom stereocenters. The first-order chi connectivity index (χ1) is 5.67. The van der Waals surface area contributed by atoms with Crippen LogP contribution in [0.1, 0.15) is 6.92 Å². The predicted octanol–water partition coefficient (Wildman–Crippen LogP) is 1.57. The summed E-state index contributed by atoms with van der Waals surface area (Å²) in [5, 5.41) is 0. The highest BCUT2D eigenvalue weighted by molar-refractivity contribution is 7.86. The lowest BCUT2D eigenvalue weighted by atomic mass is 10.4. The molecular weight excluding hydrogens is 176 g/mol. The van der Waals surface area contributed by atoms with Crippen LogP contribution in [0.2, 0.25) is 0 Å². The second-order valence-electron chi connectivity index (χ2n) is 2.10. The van der Waals surface area contributed by atoms with Gasteiger partial charge in [0.05, 0.1) is 4.90 Å². The minimum Gasteiger partial charge on any atom is -0.261 e. The highest BCUT2D eigenvalue weighted by Crippen LogP contribution is 2.11. The summed E-state index contributed by atoms with van der Waals surface area (Å²) in [5.41, 5.74) is 0. The third kappa shape index (κ3) is 2.06. The highest BCUT2D eigenvalue weighted by Gasteiger charge is 2.12. The van der Waals surface area contributed by atoms with Gasteiger partial charge in [-0.05, 0) is 19.1 Å². The van der Waals surface area contributed by atoms with Gasteiger partial charge in [-0.15, -0.1) is 0 Å². The SMILES string of the molecule is C[CH]OS(=O)(=O)c1ccccc1. The number of benzene rings is 1. The maximum Gasteiger partial charge on any atom is 0.297 e. The molecule has 12 heavy (non-hydrogen) atoms. The van der Waals surface area contributed by atoms with Crippen LogP contribution < -0.4 is 0 Å². The van der Waals surface area contributed by atoms with Gasteiger partial charge in [0.1, 0.15) is 6.61 Å². The summed E-state index contributed by atoms with van der Waals surface area (Å²) in [4.78, 5) is 0.170. The van der Waals surface area contributed by atoms with Crippen molar-refractivity contribution < 1.29 is 12.6 Å². The second-order valence-corrected chi connectivity index (χ2v) is 3.67. The van der Waals surface area contributed by atoms with Gasteiger partial charge in [0.15, 0.2) is 0 Å². The predicted molar refractivity (Wildman–Crippen MR) is 44.7 cm³/mol. The fraction of sp³-hybridized carbons (Fsp3) is 0.125. The van der Waals surface area contributed by atoms with E-state index in [4.69, 9.17) is 0 Å². The van der Waals surface area contributed by atoms with Crippen LogP contribution in [-0.2, 0) is 14.3 Å². The van der Waals surface area contributed by atoms with E-state index < -0.39 is 10.1 Å². The van der Waals surface area contributed by atoms with E-state index >= 15 is 0 Å². The summed E-state index contributed by atoms with van der Waals surface area (Å²) >= 11 is 0. The smallest absolute Gasteiger partial charge is 0.261 e. The van der Waals surface area contributed by atoms with Crippen LogP contribution in [-0.4, -0.2) is 8.42 Å². The molecule has 1 rings (SSSR count). The van der Waals surface area contributed by atoms with Crippen molar-refractivity contribution in [2.45, 2.75) is 11.8 Å². The van der Waals surface area contributed by atoms with Gasteiger partial charge in [-0.2, -0.15) is 8.42 Å². The maximum absolute atomic E-state index is 11.2. The Bertz CT molecular complexity index is 329. The van der Waals surface area contributed by atoms with E-state index in [1.54, 1.807) is 18.2 Å². The molecule has 0 saturated carbocycles. The van der Waals surface area contributed by atoms with Crippen LogP contribution in [0.5, 0.6) is 0 Å². The summed E-state index contributed by atoms with van der Waals surface area (Å²) in [6, 6.07) is 8.00. The first-order valence-electron chi connectivity index (χ1n) is 3.43. The Morgan fingerprint density at radius 3 is 2.33 bits per heavy atom. The zero-order chi connectivity index (χ0) is 9.03. The Balaban J connectivity index is 2.99. The summed E-state index contributed by atoms with van der Waals surface area (Å²) in [5.74, 6) is 0. The molecule has 0 unspecified atom stereocenters. The highest BCUT2D eigenvalue weighted by atomic mass is 32.2. The quantitative estimate of drug-likeness (QED) is 0.671. The molecular formula is C8H9O3S. The molecule has 1 radical (unpaired) electrons. The minimum absolute atomic E-state index is 0.170. The van der Waals surface area contributed by atoms with Gasteiger partial charge in [0.2, 0.25) is 0 Å². The summed E-state index contributed by atoms with van der Waals surface area (Å²) in [7, 11) is -3.57. The normalized spacial score (nSPS) is 11.4. The number of hydrogen-bond donors (Lipinski definition) is 0. The molecule has 3 nitrogen and oxygen atoms in total. The van der Waals surface area contributed by atoms with E-state index in [1.807, 2.05) is 0 Å². The molecule has 0 fully saturated rings. The van der Waals surface area contributed by atoms with Crippen molar-refractivity contribution >= 4 is 10.1 Å². The van der Waals surface area contributed by atoms with Crippen molar-refractivity contribution in [3.63, 3.8) is 0 Å². The van der Waals surface area contributed by atoms with Crippen molar-refractivity contribution in [2.75, 3.05) is 0 Å². The number of hydrogen-bond acceptors (Lipinski definition) is 3. The zero-order valence-electron chi connectivity index (χ0n) is 6.60. The first-order valence-corrected chi connectivity index (χ1v) is 4.84. The molecule has 0 aliphatic heterocycles. The van der Waals surface area contributed by atoms with E-state index in [1.165, 1.54) is 19.1 Å². The van der Waals surface area contributed by atoms with E-state index in [9.17, 15) is 8.42 Å². The molecule has 0 N–H and O–H groups in total. The Morgan fingerprint density at radius 1 is 1.25 bits per heavy atom. The van der Waals surface area contributed by atoms with Crippen molar-refractivity contribution in [1.82, 2.24) is 0 Å². The molecule has 0 aromatic heterocycles. The van der Waals surface area contributed by atoms with Crippen LogP contribution in [0.4, 0.5) is 0 Å². The molecule has 0 aliphatic rings. The van der Waals surface area contributed by atoms with E-state index in [0.717, 1.165) is 6.61 Å². The van der Waals surface area contributed by atoms with Crippen molar-refractivity contribution in [2.24, 2.45) is 0 Å². The topological polar surface area (TPSA) is 43.4 Å². The Hall–Kier alpha value is -0.870. The average molecular weight is 185 g/mol. The van der Waals surface area contributed by atoms with Crippen LogP contribution in [0, 0.1) is 6.61 Å². The van der Waals surface area contributed by atoms with Gasteiger partial charge in [-0.3, -0.25) is 4.18 Å². The lowest BCUT2D eigenvalue weighted by Crippen LogP contribution is -2.02. The van der Waals surface area contributed by atoms with Gasteiger partial charge >= 0.3 is 0 Å². The van der Waals surface area contributed by atoms with Crippen molar-refractivity contribution in [3.8, 4) is 0 Å². The van der Waals surface area contributed by atoms with Crippen molar-refractivity contribution in [1.29, 1.82) is 0 Å². The molecule has 65 valence electrons. The molecule has 1 aromatic carbocycles. The van der Waals surface area contributed by atoms with E-state index in [2.05, 4.69) is 4.18 Å². The Labute approximate surface area is 72.1 Å². The molecule has 0 bridgehead atoms. The molecule has 0 amide bonds. The summed E-state index contributed by atoms with van der Waals surface area (Å²) in [6.45, 7) is 2.66. The van der Waals surface area contributed by atoms with Crippen LogP contribution in [0.25, 0.3) is 0 Å². The molecule has 1 aromatic rings. The monoisotopic (exact) mass is 185 g/mol. The third-order valence-electron chi connectivity index (χ3n) is 1.25. The first kappa shape index (κ1) is 9.22. The van der Waals surface area contributed by atoms with E-state index in [0.29, 0.717) is 0 Å². The standard InChI is InChI=1S/C8H9O3S/c1-2-11-12(9,10)8-6-4-3-5-7-8/h2-7H,1H3. The van der Waals surface area contributed by atoms with Gasteiger partial charge in [0.25, 0.3) is 10.1 Å². The van der Waals surface area contributed by atoms with Crippen molar-refractivity contribution in [3.05, 3.63) is 36.9 Å². The van der Waals surface area contributed by atoms with Crippen LogP contribution >= 0.6 is 0 Å². The molecule has 0 saturated heterocycles. The molecule has 4 heteroatoms. The lowest BCUT2D eigenvalue weighted by molar-refractivity contribution is 0.399. The average Bonchev–Trinajstić information content (AvgIpc) is 2.06. The Kier molecular flexibility index (Phi) is 2.83. The maximum atomic E-state index is 11.2. The Morgan fingerprint density at radius 2 is 1.83 bits per heavy atom. The largest absolute Gasteiger partial charge is 0.297 e. The second kappa shape index (κ2) is 3.69. The van der Waals surface area contributed by atoms with Crippen LogP contribution in [0.3, 0.4) is 0 Å². The van der Waals surface area contributed by atoms with E-state index in [-0.39, 0.29) is 4.90 Å². The fourth-order valence-corrected chi connectivity index (χ4v) is 1.62. The van der Waals surface area contributed by atoms with Crippen LogP contribution in [0.15, 0.2) is 35.2 Å². The summed E-state index contributed by atoms with van der Waals surface area (Å²) in [6.07, 6.45) is 0. The molecule has 0 spiro atoms. The van der Waals surface area contributed by atoms with Gasteiger partial charge in [-0.1, -0.05) is 18.2 Å². The zero-order valence-corrected chi connectivity index (χ0v) is 7.41. The minimum atomic E-state index is -3.57. The lowest BCUT2D eigenvalue weighted by Gasteiger charge is -2.00. The molecule has 0 heterocycles. The van der Waals surface area contributed by atoms with Gasteiger partial charge in [0, 0.05) is 0 Å². The molecule has 0 aliphatic carbocycles. The number of rotatable bonds is 3.